The molecule has 136 valence electrons. The first-order valence-electron chi connectivity index (χ1n) is 9.45. The highest BCUT2D eigenvalue weighted by Gasteiger charge is 2.44. The summed E-state index contributed by atoms with van der Waals surface area (Å²) in [6.45, 7) is 3.73. The van der Waals surface area contributed by atoms with Crippen molar-refractivity contribution in [2.45, 2.75) is 25.3 Å². The molecule has 0 atom stereocenters. The molecule has 0 radical (unpaired) electrons. The lowest BCUT2D eigenvalue weighted by atomic mass is 9.84. The Labute approximate surface area is 158 Å². The van der Waals surface area contributed by atoms with Crippen molar-refractivity contribution < 1.29 is 4.79 Å². The zero-order valence-corrected chi connectivity index (χ0v) is 15.3. The standard InChI is InChI=1S/C22H22N4O/c1-15-14-20(23-17-7-3-2-6-16(15)17)26-12-10-22(11-13-26)21(27)24-18-8-4-5-9-19(18)25-22/h2-9,14,25H,10-13H2,1H3,(H,24,27). The summed E-state index contributed by atoms with van der Waals surface area (Å²) >= 11 is 0. The Bertz CT molecular complexity index is 1040. The second kappa shape index (κ2) is 5.98. The summed E-state index contributed by atoms with van der Waals surface area (Å²) in [6, 6.07) is 18.3. The van der Waals surface area contributed by atoms with Gasteiger partial charge in [0.05, 0.1) is 16.9 Å². The van der Waals surface area contributed by atoms with Gasteiger partial charge in [-0.15, -0.1) is 0 Å². The van der Waals surface area contributed by atoms with Crippen molar-refractivity contribution in [3.8, 4) is 0 Å². The maximum absolute atomic E-state index is 12.8. The number of carbonyl (C=O) groups is 1. The molecule has 1 spiro atoms. The Morgan fingerprint density at radius 3 is 2.52 bits per heavy atom. The lowest BCUT2D eigenvalue weighted by molar-refractivity contribution is -0.121. The van der Waals surface area contributed by atoms with E-state index in [1.165, 1.54) is 10.9 Å². The molecule has 1 saturated heterocycles. The summed E-state index contributed by atoms with van der Waals surface area (Å²) < 4.78 is 0. The molecule has 27 heavy (non-hydrogen) atoms. The van der Waals surface area contributed by atoms with Gasteiger partial charge in [0.25, 0.3) is 0 Å². The number of rotatable bonds is 1. The van der Waals surface area contributed by atoms with Gasteiger partial charge in [-0.05, 0) is 49.6 Å². The normalized spacial score (nSPS) is 18.1. The largest absolute Gasteiger partial charge is 0.369 e. The number of nitrogens with one attached hydrogen (secondary N) is 2. The van der Waals surface area contributed by atoms with Crippen molar-refractivity contribution in [1.29, 1.82) is 0 Å². The van der Waals surface area contributed by atoms with E-state index in [4.69, 9.17) is 4.98 Å². The number of fused-ring (bicyclic) bond motifs is 2. The maximum atomic E-state index is 12.8. The Morgan fingerprint density at radius 1 is 1.00 bits per heavy atom. The lowest BCUT2D eigenvalue weighted by Gasteiger charge is -2.44. The summed E-state index contributed by atoms with van der Waals surface area (Å²) in [6.07, 6.45) is 1.50. The molecule has 2 aliphatic rings. The molecular formula is C22H22N4O. The summed E-state index contributed by atoms with van der Waals surface area (Å²) in [5, 5.41) is 7.78. The minimum absolute atomic E-state index is 0.0727. The number of nitrogens with zero attached hydrogens (tertiary/aromatic N) is 2. The summed E-state index contributed by atoms with van der Waals surface area (Å²) in [5.74, 6) is 1.07. The average Bonchev–Trinajstić information content (AvgIpc) is 2.69. The van der Waals surface area contributed by atoms with Crippen LogP contribution in [0.1, 0.15) is 18.4 Å². The van der Waals surface area contributed by atoms with Gasteiger partial charge in [0.15, 0.2) is 0 Å². The van der Waals surface area contributed by atoms with Crippen LogP contribution >= 0.6 is 0 Å². The van der Waals surface area contributed by atoms with Gasteiger partial charge in [-0.2, -0.15) is 0 Å². The van der Waals surface area contributed by atoms with E-state index in [1.54, 1.807) is 0 Å². The van der Waals surface area contributed by atoms with E-state index in [9.17, 15) is 4.79 Å². The van der Waals surface area contributed by atoms with Crippen LogP contribution in [0.4, 0.5) is 17.2 Å². The van der Waals surface area contributed by atoms with Gasteiger partial charge in [0.1, 0.15) is 11.4 Å². The third-order valence-electron chi connectivity index (χ3n) is 5.83. The highest BCUT2D eigenvalue weighted by molar-refractivity contribution is 6.06. The van der Waals surface area contributed by atoms with Crippen LogP contribution in [0.5, 0.6) is 0 Å². The Kier molecular flexibility index (Phi) is 3.57. The Balaban J connectivity index is 1.40. The average molecular weight is 358 g/mol. The molecule has 0 bridgehead atoms. The number of para-hydroxylation sites is 3. The zero-order chi connectivity index (χ0) is 18.4. The van der Waals surface area contributed by atoms with Crippen molar-refractivity contribution in [2.75, 3.05) is 28.6 Å². The fourth-order valence-electron chi connectivity index (χ4n) is 4.22. The molecule has 0 aliphatic carbocycles. The molecule has 2 N–H and O–H groups in total. The second-order valence-electron chi connectivity index (χ2n) is 7.51. The van der Waals surface area contributed by atoms with Crippen LogP contribution in [0.3, 0.4) is 0 Å². The van der Waals surface area contributed by atoms with E-state index >= 15 is 0 Å². The van der Waals surface area contributed by atoms with E-state index < -0.39 is 5.54 Å². The first kappa shape index (κ1) is 16.1. The smallest absolute Gasteiger partial charge is 0.250 e. The molecule has 0 saturated carbocycles. The van der Waals surface area contributed by atoms with E-state index in [2.05, 4.69) is 40.7 Å². The number of hydrogen-bond donors (Lipinski definition) is 2. The molecule has 3 aromatic rings. The number of piperidine rings is 1. The van der Waals surface area contributed by atoms with Crippen molar-refractivity contribution in [3.63, 3.8) is 0 Å². The Hall–Kier alpha value is -3.08. The zero-order valence-electron chi connectivity index (χ0n) is 15.3. The van der Waals surface area contributed by atoms with Crippen LogP contribution in [-0.4, -0.2) is 29.5 Å². The molecule has 3 heterocycles. The number of pyridine rings is 1. The van der Waals surface area contributed by atoms with Gasteiger partial charge in [-0.3, -0.25) is 4.79 Å². The predicted molar refractivity (Wildman–Crippen MR) is 109 cm³/mol. The number of benzene rings is 2. The third kappa shape index (κ3) is 2.62. The number of amides is 1. The van der Waals surface area contributed by atoms with Gasteiger partial charge in [0.2, 0.25) is 5.91 Å². The van der Waals surface area contributed by atoms with E-state index in [0.29, 0.717) is 0 Å². The number of carbonyl (C=O) groups excluding carboxylic acids is 1. The molecule has 5 rings (SSSR count). The lowest BCUT2D eigenvalue weighted by Crippen LogP contribution is -2.58. The van der Waals surface area contributed by atoms with Crippen LogP contribution in [0.15, 0.2) is 54.6 Å². The van der Waals surface area contributed by atoms with E-state index in [-0.39, 0.29) is 5.91 Å². The molecule has 2 aromatic carbocycles. The number of aryl methyl sites for hydroxylation is 1. The first-order valence-corrected chi connectivity index (χ1v) is 9.45. The summed E-state index contributed by atoms with van der Waals surface area (Å²) in [7, 11) is 0. The summed E-state index contributed by atoms with van der Waals surface area (Å²) in [5.41, 5.74) is 3.60. The first-order chi connectivity index (χ1) is 13.1. The SMILES string of the molecule is Cc1cc(N2CCC3(CC2)Nc2ccccc2NC3=O)nc2ccccc12. The molecule has 5 heteroatoms. The van der Waals surface area contributed by atoms with Crippen molar-refractivity contribution >= 4 is 34.0 Å². The maximum Gasteiger partial charge on any atom is 0.250 e. The second-order valence-corrected chi connectivity index (χ2v) is 7.51. The minimum Gasteiger partial charge on any atom is -0.369 e. The van der Waals surface area contributed by atoms with Gasteiger partial charge in [-0.25, -0.2) is 4.98 Å². The molecule has 1 amide bonds. The molecule has 2 aliphatic heterocycles. The highest BCUT2D eigenvalue weighted by Crippen LogP contribution is 2.37. The molecular weight excluding hydrogens is 336 g/mol. The van der Waals surface area contributed by atoms with Crippen LogP contribution in [-0.2, 0) is 4.79 Å². The Morgan fingerprint density at radius 2 is 1.70 bits per heavy atom. The van der Waals surface area contributed by atoms with Crippen LogP contribution < -0.4 is 15.5 Å². The van der Waals surface area contributed by atoms with Gasteiger partial charge in [-0.1, -0.05) is 30.3 Å². The predicted octanol–water partition coefficient (Wildman–Crippen LogP) is 3.95. The van der Waals surface area contributed by atoms with Crippen molar-refractivity contribution in [1.82, 2.24) is 4.98 Å². The highest BCUT2D eigenvalue weighted by atomic mass is 16.2. The molecule has 1 fully saturated rings. The van der Waals surface area contributed by atoms with Crippen molar-refractivity contribution in [3.05, 3.63) is 60.2 Å². The van der Waals surface area contributed by atoms with Crippen LogP contribution in [0.2, 0.25) is 0 Å². The molecule has 0 unspecified atom stereocenters. The van der Waals surface area contributed by atoms with Gasteiger partial charge < -0.3 is 15.5 Å². The van der Waals surface area contributed by atoms with Crippen LogP contribution in [0.25, 0.3) is 10.9 Å². The van der Waals surface area contributed by atoms with E-state index in [0.717, 1.165) is 48.6 Å². The fraction of sp³-hybridized carbons (Fsp3) is 0.273. The van der Waals surface area contributed by atoms with Crippen LogP contribution in [0, 0.1) is 6.92 Å². The number of aromatic nitrogens is 1. The number of anilines is 3. The topological polar surface area (TPSA) is 57.3 Å². The number of hydrogen-bond acceptors (Lipinski definition) is 4. The van der Waals surface area contributed by atoms with Crippen molar-refractivity contribution in [2.24, 2.45) is 0 Å². The molecule has 1 aromatic heterocycles. The fourth-order valence-corrected chi connectivity index (χ4v) is 4.22. The monoisotopic (exact) mass is 358 g/mol. The quantitative estimate of drug-likeness (QED) is 0.692. The van der Waals surface area contributed by atoms with Gasteiger partial charge in [0, 0.05) is 18.5 Å². The minimum atomic E-state index is -0.531. The van der Waals surface area contributed by atoms with Gasteiger partial charge >= 0.3 is 0 Å². The molecule has 5 nitrogen and oxygen atoms in total. The van der Waals surface area contributed by atoms with E-state index in [1.807, 2.05) is 36.4 Å². The third-order valence-corrected chi connectivity index (χ3v) is 5.83. The summed E-state index contributed by atoms with van der Waals surface area (Å²) in [4.78, 5) is 19.9.